The van der Waals surface area contributed by atoms with Crippen LogP contribution in [0.15, 0.2) is 53.1 Å². The van der Waals surface area contributed by atoms with Crippen molar-refractivity contribution in [2.24, 2.45) is 5.92 Å². The van der Waals surface area contributed by atoms with E-state index < -0.39 is 0 Å². The third-order valence-corrected chi connectivity index (χ3v) is 5.69. The molecule has 0 bridgehead atoms. The highest BCUT2D eigenvalue weighted by Crippen LogP contribution is 2.23. The number of benzene rings is 1. The monoisotopic (exact) mass is 493 g/mol. The second-order valence-electron chi connectivity index (χ2n) is 9.21. The van der Waals surface area contributed by atoms with Gasteiger partial charge in [-0.2, -0.15) is 0 Å². The van der Waals surface area contributed by atoms with Gasteiger partial charge in [0.2, 0.25) is 5.95 Å². The van der Waals surface area contributed by atoms with Crippen molar-refractivity contribution in [3.05, 3.63) is 60.0 Å². The molecule has 2 N–H and O–H groups in total. The van der Waals surface area contributed by atoms with E-state index in [1.54, 1.807) is 24.4 Å². The zero-order valence-electron chi connectivity index (χ0n) is 21.0. The van der Waals surface area contributed by atoms with E-state index in [0.717, 1.165) is 50.7 Å². The van der Waals surface area contributed by atoms with E-state index in [1.165, 1.54) is 0 Å². The number of anilines is 2. The number of nitrogens with one attached hydrogen (secondary N) is 2. The predicted octanol–water partition coefficient (Wildman–Crippen LogP) is 4.10. The van der Waals surface area contributed by atoms with Gasteiger partial charge in [-0.15, -0.1) is 0 Å². The summed E-state index contributed by atoms with van der Waals surface area (Å²) in [5.74, 6) is 2.19. The van der Waals surface area contributed by atoms with Crippen LogP contribution in [0.4, 0.5) is 11.6 Å². The highest BCUT2D eigenvalue weighted by Gasteiger charge is 2.12. The smallest absolute Gasteiger partial charge is 0.251 e. The molecular formula is C27H35N5O4. The van der Waals surface area contributed by atoms with Crippen LogP contribution in [0.2, 0.25) is 0 Å². The fourth-order valence-corrected chi connectivity index (χ4v) is 3.84. The number of rotatable bonds is 12. The SMILES string of the molecule is CC(C)COCc1ccc(-c2ccnc(Nc3cccc(C(=O)NCCCN4CCOCC4)c3)n2)o1. The first-order valence-electron chi connectivity index (χ1n) is 12.5. The van der Waals surface area contributed by atoms with Crippen molar-refractivity contribution < 1.29 is 18.7 Å². The summed E-state index contributed by atoms with van der Waals surface area (Å²) in [5, 5.41) is 6.19. The van der Waals surface area contributed by atoms with Crippen LogP contribution in [0.25, 0.3) is 11.5 Å². The number of hydrogen-bond acceptors (Lipinski definition) is 8. The maximum Gasteiger partial charge on any atom is 0.251 e. The molecule has 1 aromatic carbocycles. The molecule has 1 saturated heterocycles. The number of hydrogen-bond donors (Lipinski definition) is 2. The lowest BCUT2D eigenvalue weighted by Crippen LogP contribution is -2.38. The minimum Gasteiger partial charge on any atom is -0.457 e. The van der Waals surface area contributed by atoms with E-state index in [9.17, 15) is 4.79 Å². The Labute approximate surface area is 212 Å². The molecule has 1 fully saturated rings. The van der Waals surface area contributed by atoms with Crippen LogP contribution in [0.3, 0.4) is 0 Å². The number of aromatic nitrogens is 2. The summed E-state index contributed by atoms with van der Waals surface area (Å²) in [5.41, 5.74) is 1.98. The minimum absolute atomic E-state index is 0.0990. The normalized spacial score (nSPS) is 14.2. The maximum atomic E-state index is 12.6. The Morgan fingerprint density at radius 3 is 2.86 bits per heavy atom. The third-order valence-electron chi connectivity index (χ3n) is 5.69. The van der Waals surface area contributed by atoms with Crippen molar-refractivity contribution in [3.63, 3.8) is 0 Å². The summed E-state index contributed by atoms with van der Waals surface area (Å²) in [6, 6.07) is 12.9. The number of nitrogens with zero attached hydrogens (tertiary/aromatic N) is 3. The molecule has 0 radical (unpaired) electrons. The first kappa shape index (κ1) is 25.8. The fourth-order valence-electron chi connectivity index (χ4n) is 3.84. The second kappa shape index (κ2) is 13.2. The molecule has 2 aromatic heterocycles. The lowest BCUT2D eigenvalue weighted by Gasteiger charge is -2.26. The number of carbonyl (C=O) groups excluding carboxylic acids is 1. The topological polar surface area (TPSA) is 102 Å². The molecule has 3 aromatic rings. The average Bonchev–Trinajstić information content (AvgIpc) is 3.36. The van der Waals surface area contributed by atoms with Gasteiger partial charge in [0.15, 0.2) is 5.76 Å². The minimum atomic E-state index is -0.0990. The number of morpholine rings is 1. The van der Waals surface area contributed by atoms with E-state index in [2.05, 4.69) is 39.3 Å². The van der Waals surface area contributed by atoms with Crippen LogP contribution in [-0.4, -0.2) is 66.8 Å². The van der Waals surface area contributed by atoms with Gasteiger partial charge in [0.25, 0.3) is 5.91 Å². The van der Waals surface area contributed by atoms with Crippen molar-refractivity contribution in [3.8, 4) is 11.5 Å². The Kier molecular flexibility index (Phi) is 9.43. The predicted molar refractivity (Wildman–Crippen MR) is 138 cm³/mol. The highest BCUT2D eigenvalue weighted by molar-refractivity contribution is 5.95. The molecule has 0 spiro atoms. The molecule has 9 nitrogen and oxygen atoms in total. The molecule has 1 aliphatic heterocycles. The molecule has 1 amide bonds. The molecule has 4 rings (SSSR count). The second-order valence-corrected chi connectivity index (χ2v) is 9.21. The van der Waals surface area contributed by atoms with Gasteiger partial charge in [-0.1, -0.05) is 19.9 Å². The third kappa shape index (κ3) is 7.87. The largest absolute Gasteiger partial charge is 0.457 e. The fraction of sp³-hybridized carbons (Fsp3) is 0.444. The number of amides is 1. The Bertz CT molecular complexity index is 1110. The van der Waals surface area contributed by atoms with E-state index in [-0.39, 0.29) is 5.91 Å². The van der Waals surface area contributed by atoms with E-state index in [4.69, 9.17) is 13.9 Å². The van der Waals surface area contributed by atoms with Gasteiger partial charge in [-0.3, -0.25) is 9.69 Å². The molecule has 192 valence electrons. The summed E-state index contributed by atoms with van der Waals surface area (Å²) in [6.07, 6.45) is 2.58. The maximum absolute atomic E-state index is 12.6. The Morgan fingerprint density at radius 2 is 2.03 bits per heavy atom. The van der Waals surface area contributed by atoms with Gasteiger partial charge in [0, 0.05) is 43.7 Å². The summed E-state index contributed by atoms with van der Waals surface area (Å²) in [6.45, 7) is 10.4. The van der Waals surface area contributed by atoms with Crippen LogP contribution in [0.5, 0.6) is 0 Å². The van der Waals surface area contributed by atoms with Gasteiger partial charge in [0.05, 0.1) is 13.2 Å². The number of carbonyl (C=O) groups is 1. The zero-order chi connectivity index (χ0) is 25.2. The van der Waals surface area contributed by atoms with Crippen LogP contribution < -0.4 is 10.6 Å². The van der Waals surface area contributed by atoms with E-state index in [1.807, 2.05) is 24.3 Å². The number of ether oxygens (including phenoxy) is 2. The first-order chi connectivity index (χ1) is 17.6. The Balaban J connectivity index is 1.30. The zero-order valence-corrected chi connectivity index (χ0v) is 21.0. The Hall–Kier alpha value is -3.27. The van der Waals surface area contributed by atoms with Crippen molar-refractivity contribution in [1.29, 1.82) is 0 Å². The van der Waals surface area contributed by atoms with E-state index in [0.29, 0.717) is 48.6 Å². The van der Waals surface area contributed by atoms with Crippen molar-refractivity contribution in [2.45, 2.75) is 26.9 Å². The molecule has 0 unspecified atom stereocenters. The summed E-state index contributed by atoms with van der Waals surface area (Å²) in [7, 11) is 0. The van der Waals surface area contributed by atoms with Crippen LogP contribution in [0.1, 0.15) is 36.4 Å². The highest BCUT2D eigenvalue weighted by atomic mass is 16.5. The average molecular weight is 494 g/mol. The molecule has 3 heterocycles. The first-order valence-corrected chi connectivity index (χ1v) is 12.5. The van der Waals surface area contributed by atoms with Gasteiger partial charge >= 0.3 is 0 Å². The Morgan fingerprint density at radius 1 is 1.17 bits per heavy atom. The quantitative estimate of drug-likeness (QED) is 0.364. The van der Waals surface area contributed by atoms with E-state index >= 15 is 0 Å². The van der Waals surface area contributed by atoms with Crippen LogP contribution in [-0.2, 0) is 16.1 Å². The van der Waals surface area contributed by atoms with Gasteiger partial charge in [-0.05, 0) is 55.3 Å². The molecule has 36 heavy (non-hydrogen) atoms. The molecule has 0 atom stereocenters. The molecular weight excluding hydrogens is 458 g/mol. The van der Waals surface area contributed by atoms with Crippen LogP contribution in [0, 0.1) is 5.92 Å². The molecule has 0 saturated carbocycles. The van der Waals surface area contributed by atoms with Crippen molar-refractivity contribution in [1.82, 2.24) is 20.2 Å². The van der Waals surface area contributed by atoms with Crippen LogP contribution >= 0.6 is 0 Å². The van der Waals surface area contributed by atoms with Crippen molar-refractivity contribution >= 4 is 17.5 Å². The van der Waals surface area contributed by atoms with Gasteiger partial charge < -0.3 is 24.5 Å². The van der Waals surface area contributed by atoms with Gasteiger partial charge in [-0.25, -0.2) is 9.97 Å². The summed E-state index contributed by atoms with van der Waals surface area (Å²) >= 11 is 0. The number of furan rings is 1. The lowest BCUT2D eigenvalue weighted by atomic mass is 10.2. The lowest BCUT2D eigenvalue weighted by molar-refractivity contribution is 0.0374. The molecule has 9 heteroatoms. The summed E-state index contributed by atoms with van der Waals surface area (Å²) in [4.78, 5) is 23.9. The standard InChI is InChI=1S/C27H35N5O4/c1-20(2)18-35-19-23-7-8-25(36-23)24-9-11-29-27(31-24)30-22-6-3-5-21(17-22)26(33)28-10-4-12-32-13-15-34-16-14-32/h3,5-9,11,17,20H,4,10,12-16,18-19H2,1-2H3,(H,28,33)(H,29,30,31). The van der Waals surface area contributed by atoms with Gasteiger partial charge in [0.1, 0.15) is 18.1 Å². The summed E-state index contributed by atoms with van der Waals surface area (Å²) < 4.78 is 16.9. The van der Waals surface area contributed by atoms with Crippen molar-refractivity contribution in [2.75, 3.05) is 51.3 Å². The molecule has 1 aliphatic rings. The molecule has 0 aliphatic carbocycles.